The molecule has 1 atom stereocenters. The monoisotopic (exact) mass is 367 g/mol. The lowest BCUT2D eigenvalue weighted by molar-refractivity contribution is -0.128. The highest BCUT2D eigenvalue weighted by Crippen LogP contribution is 2.27. The first-order chi connectivity index (χ1) is 13.2. The Kier molecular flexibility index (Phi) is 6.04. The van der Waals surface area contributed by atoms with Crippen molar-refractivity contribution >= 4 is 5.91 Å². The summed E-state index contributed by atoms with van der Waals surface area (Å²) in [4.78, 5) is 16.8. The zero-order chi connectivity index (χ0) is 19.1. The van der Waals surface area contributed by atoms with Gasteiger partial charge in [0.15, 0.2) is 17.6 Å². The maximum absolute atomic E-state index is 12.5. The van der Waals surface area contributed by atoms with Crippen LogP contribution in [0.3, 0.4) is 0 Å². The molecule has 27 heavy (non-hydrogen) atoms. The molecular formula is C20H21N3O4. The number of aromatic nitrogens is 2. The van der Waals surface area contributed by atoms with Crippen molar-refractivity contribution in [1.29, 1.82) is 0 Å². The Morgan fingerprint density at radius 1 is 1.11 bits per heavy atom. The quantitative estimate of drug-likeness (QED) is 0.658. The first-order valence-corrected chi connectivity index (χ1v) is 8.66. The van der Waals surface area contributed by atoms with Gasteiger partial charge in [-0.25, -0.2) is 0 Å². The fourth-order valence-corrected chi connectivity index (χ4v) is 2.50. The van der Waals surface area contributed by atoms with Crippen molar-refractivity contribution in [3.8, 4) is 22.9 Å². The number of methoxy groups -OCH3 is 1. The lowest BCUT2D eigenvalue weighted by Gasteiger charge is -2.18. The Hall–Kier alpha value is -3.35. The predicted octanol–water partition coefficient (Wildman–Crippen LogP) is 3.22. The third-order valence-corrected chi connectivity index (χ3v) is 3.92. The van der Waals surface area contributed by atoms with E-state index in [1.54, 1.807) is 19.2 Å². The van der Waals surface area contributed by atoms with E-state index in [9.17, 15) is 4.79 Å². The molecule has 7 heteroatoms. The average molecular weight is 367 g/mol. The molecule has 0 saturated heterocycles. The van der Waals surface area contributed by atoms with E-state index in [0.717, 1.165) is 5.56 Å². The largest absolute Gasteiger partial charge is 0.493 e. The van der Waals surface area contributed by atoms with E-state index in [4.69, 9.17) is 14.0 Å². The van der Waals surface area contributed by atoms with Gasteiger partial charge in [-0.1, -0.05) is 54.5 Å². The summed E-state index contributed by atoms with van der Waals surface area (Å²) in [6.45, 7) is 2.00. The van der Waals surface area contributed by atoms with Crippen molar-refractivity contribution in [2.75, 3.05) is 7.11 Å². The zero-order valence-electron chi connectivity index (χ0n) is 15.2. The summed E-state index contributed by atoms with van der Waals surface area (Å²) in [6.07, 6.45) is -0.152. The lowest BCUT2D eigenvalue weighted by Crippen LogP contribution is -2.37. The highest BCUT2D eigenvalue weighted by Gasteiger charge is 2.20. The lowest BCUT2D eigenvalue weighted by atomic mass is 10.2. The summed E-state index contributed by atoms with van der Waals surface area (Å²) >= 11 is 0. The van der Waals surface area contributed by atoms with Crippen LogP contribution < -0.4 is 14.8 Å². The van der Waals surface area contributed by atoms with Gasteiger partial charge in [0.25, 0.3) is 5.91 Å². The van der Waals surface area contributed by atoms with Crippen LogP contribution in [0, 0.1) is 0 Å². The number of ether oxygens (including phenoxy) is 2. The van der Waals surface area contributed by atoms with Gasteiger partial charge in [0, 0.05) is 5.56 Å². The minimum absolute atomic E-state index is 0.129. The zero-order valence-corrected chi connectivity index (χ0v) is 15.2. The number of hydrogen-bond acceptors (Lipinski definition) is 6. The van der Waals surface area contributed by atoms with Crippen LogP contribution in [0.4, 0.5) is 0 Å². The Labute approximate surface area is 157 Å². The van der Waals surface area contributed by atoms with Crippen LogP contribution in [0.5, 0.6) is 11.5 Å². The minimum atomic E-state index is -0.655. The Bertz CT molecular complexity index is 880. The van der Waals surface area contributed by atoms with E-state index in [-0.39, 0.29) is 12.5 Å². The normalized spacial score (nSPS) is 11.6. The van der Waals surface area contributed by atoms with Gasteiger partial charge in [0.2, 0.25) is 11.7 Å². The molecule has 1 N–H and O–H groups in total. The van der Waals surface area contributed by atoms with Gasteiger partial charge in [0.1, 0.15) is 0 Å². The summed E-state index contributed by atoms with van der Waals surface area (Å²) in [5.41, 5.74) is 0.852. The fraction of sp³-hybridized carbons (Fsp3) is 0.250. The summed E-state index contributed by atoms with van der Waals surface area (Å²) < 4.78 is 16.3. The van der Waals surface area contributed by atoms with Crippen molar-refractivity contribution in [2.45, 2.75) is 26.0 Å². The van der Waals surface area contributed by atoms with E-state index >= 15 is 0 Å². The molecule has 2 aromatic carbocycles. The van der Waals surface area contributed by atoms with Gasteiger partial charge in [-0.05, 0) is 18.6 Å². The molecule has 1 aromatic heterocycles. The molecule has 0 aliphatic rings. The Morgan fingerprint density at radius 2 is 1.81 bits per heavy atom. The molecule has 0 aliphatic carbocycles. The van der Waals surface area contributed by atoms with Crippen LogP contribution >= 0.6 is 0 Å². The molecule has 3 aromatic rings. The summed E-state index contributed by atoms with van der Waals surface area (Å²) in [5.74, 6) is 1.65. The second kappa shape index (κ2) is 8.84. The molecule has 0 saturated carbocycles. The van der Waals surface area contributed by atoms with E-state index in [0.29, 0.717) is 29.6 Å². The van der Waals surface area contributed by atoms with Crippen LogP contribution in [0.25, 0.3) is 11.4 Å². The third kappa shape index (κ3) is 4.63. The molecule has 0 fully saturated rings. The highest BCUT2D eigenvalue weighted by molar-refractivity contribution is 5.81. The number of rotatable bonds is 8. The average Bonchev–Trinajstić information content (AvgIpc) is 3.20. The van der Waals surface area contributed by atoms with E-state index in [1.165, 1.54) is 0 Å². The molecule has 0 aliphatic heterocycles. The minimum Gasteiger partial charge on any atom is -0.493 e. The molecule has 0 unspecified atom stereocenters. The fourth-order valence-electron chi connectivity index (χ4n) is 2.50. The van der Waals surface area contributed by atoms with Crippen molar-refractivity contribution < 1.29 is 18.8 Å². The topological polar surface area (TPSA) is 86.5 Å². The van der Waals surface area contributed by atoms with Crippen LogP contribution in [-0.2, 0) is 11.3 Å². The Morgan fingerprint density at radius 3 is 2.52 bits per heavy atom. The molecule has 0 radical (unpaired) electrons. The van der Waals surface area contributed by atoms with Crippen LogP contribution in [-0.4, -0.2) is 29.3 Å². The second-order valence-corrected chi connectivity index (χ2v) is 5.76. The third-order valence-electron chi connectivity index (χ3n) is 3.92. The van der Waals surface area contributed by atoms with Gasteiger partial charge in [-0.3, -0.25) is 4.79 Å². The van der Waals surface area contributed by atoms with Crippen LogP contribution in [0.15, 0.2) is 59.1 Å². The van der Waals surface area contributed by atoms with Gasteiger partial charge in [0.05, 0.1) is 13.7 Å². The number of benzene rings is 2. The molecule has 1 heterocycles. The second-order valence-electron chi connectivity index (χ2n) is 5.76. The molecule has 0 bridgehead atoms. The Balaban J connectivity index is 1.60. The SMILES string of the molecule is CC[C@H](Oc1ccccc1OC)C(=O)NCc1nc(-c2ccccc2)no1. The van der Waals surface area contributed by atoms with Gasteiger partial charge >= 0.3 is 0 Å². The molecule has 0 spiro atoms. The number of hydrogen-bond donors (Lipinski definition) is 1. The number of carbonyl (C=O) groups excluding carboxylic acids is 1. The van der Waals surface area contributed by atoms with Crippen molar-refractivity contribution in [1.82, 2.24) is 15.5 Å². The number of para-hydroxylation sites is 2. The molecule has 140 valence electrons. The molecule has 7 nitrogen and oxygen atoms in total. The van der Waals surface area contributed by atoms with E-state index < -0.39 is 6.10 Å². The number of carbonyl (C=O) groups is 1. The van der Waals surface area contributed by atoms with Gasteiger partial charge in [-0.15, -0.1) is 0 Å². The molecular weight excluding hydrogens is 346 g/mol. The predicted molar refractivity (Wildman–Crippen MR) is 99.3 cm³/mol. The standard InChI is InChI=1S/C20H21N3O4/c1-3-15(26-17-12-8-7-11-16(17)25-2)20(24)21-13-18-22-19(23-27-18)14-9-5-4-6-10-14/h4-12,15H,3,13H2,1-2H3,(H,21,24)/t15-/m0/s1. The number of nitrogens with zero attached hydrogens (tertiary/aromatic N) is 2. The maximum Gasteiger partial charge on any atom is 0.261 e. The van der Waals surface area contributed by atoms with Crippen LogP contribution in [0.1, 0.15) is 19.2 Å². The molecule has 3 rings (SSSR count). The van der Waals surface area contributed by atoms with Crippen molar-refractivity contribution in [3.63, 3.8) is 0 Å². The van der Waals surface area contributed by atoms with Crippen molar-refractivity contribution in [2.24, 2.45) is 0 Å². The highest BCUT2D eigenvalue weighted by atomic mass is 16.5. The first-order valence-electron chi connectivity index (χ1n) is 8.66. The van der Waals surface area contributed by atoms with E-state index in [1.807, 2.05) is 49.4 Å². The van der Waals surface area contributed by atoms with Crippen molar-refractivity contribution in [3.05, 3.63) is 60.5 Å². The number of nitrogens with one attached hydrogen (secondary N) is 1. The smallest absolute Gasteiger partial charge is 0.261 e. The summed E-state index contributed by atoms with van der Waals surface area (Å²) in [5, 5.41) is 6.71. The van der Waals surface area contributed by atoms with Crippen LogP contribution in [0.2, 0.25) is 0 Å². The first kappa shape index (κ1) is 18.4. The summed E-state index contributed by atoms with van der Waals surface area (Å²) in [6, 6.07) is 16.7. The maximum atomic E-state index is 12.5. The van der Waals surface area contributed by atoms with Gasteiger partial charge in [-0.2, -0.15) is 4.98 Å². The number of amides is 1. The van der Waals surface area contributed by atoms with E-state index in [2.05, 4.69) is 15.5 Å². The molecule has 1 amide bonds. The summed E-state index contributed by atoms with van der Waals surface area (Å²) in [7, 11) is 1.56. The van der Waals surface area contributed by atoms with Gasteiger partial charge < -0.3 is 19.3 Å².